The van der Waals surface area contributed by atoms with Gasteiger partial charge in [-0.05, 0) is 49.8 Å². The fourth-order valence-corrected chi connectivity index (χ4v) is 5.43. The quantitative estimate of drug-likeness (QED) is 0.496. The molecule has 1 aromatic rings. The number of fused-ring (bicyclic) bond motifs is 1. The first-order chi connectivity index (χ1) is 14.9. The van der Waals surface area contributed by atoms with Crippen molar-refractivity contribution in [2.75, 3.05) is 19.4 Å². The van der Waals surface area contributed by atoms with Gasteiger partial charge in [0.1, 0.15) is 6.04 Å². The lowest BCUT2D eigenvalue weighted by atomic mass is 9.85. The van der Waals surface area contributed by atoms with E-state index in [-0.39, 0.29) is 22.6 Å². The van der Waals surface area contributed by atoms with E-state index in [1.807, 2.05) is 26.0 Å². The van der Waals surface area contributed by atoms with Gasteiger partial charge < -0.3 is 5.32 Å². The predicted molar refractivity (Wildman–Crippen MR) is 121 cm³/mol. The Kier molecular flexibility index (Phi) is 6.90. The van der Waals surface area contributed by atoms with E-state index in [2.05, 4.69) is 5.32 Å². The highest BCUT2D eigenvalue weighted by Crippen LogP contribution is 2.37. The number of imide groups is 1. The Balaban J connectivity index is 1.90. The first-order valence-electron chi connectivity index (χ1n) is 10.8. The molecule has 1 saturated heterocycles. The number of amides is 3. The molecule has 32 heavy (non-hydrogen) atoms. The Bertz CT molecular complexity index is 1040. The fraction of sp³-hybridized carbons (Fsp3) is 0.522. The number of allylic oxidation sites excluding steroid dienone is 2. The fourth-order valence-electron chi connectivity index (χ4n) is 4.29. The maximum Gasteiger partial charge on any atom is 0.247 e. The van der Waals surface area contributed by atoms with Crippen LogP contribution in [0.4, 0.5) is 5.69 Å². The summed E-state index contributed by atoms with van der Waals surface area (Å²) in [5, 5.41) is 2.74. The lowest BCUT2D eigenvalue weighted by Gasteiger charge is -2.27. The number of aryl methyl sites for hydroxylation is 1. The molecule has 1 heterocycles. The van der Waals surface area contributed by atoms with Gasteiger partial charge in [0.25, 0.3) is 0 Å². The number of carbonyl (C=O) groups is 3. The highest BCUT2D eigenvalue weighted by atomic mass is 32.2. The number of hydrogen-bond donors (Lipinski definition) is 1. The molecule has 3 amide bonds. The van der Waals surface area contributed by atoms with Crippen LogP contribution >= 0.6 is 0 Å². The third kappa shape index (κ3) is 4.49. The minimum Gasteiger partial charge on any atom is -0.324 e. The lowest BCUT2D eigenvalue weighted by Crippen LogP contribution is -2.48. The number of rotatable bonds is 7. The molecule has 3 atom stereocenters. The van der Waals surface area contributed by atoms with E-state index in [0.717, 1.165) is 9.21 Å². The van der Waals surface area contributed by atoms with Crippen LogP contribution in [-0.4, -0.2) is 55.5 Å². The van der Waals surface area contributed by atoms with Crippen molar-refractivity contribution in [3.8, 4) is 0 Å². The highest BCUT2D eigenvalue weighted by molar-refractivity contribution is 7.89. The van der Waals surface area contributed by atoms with Crippen LogP contribution in [0, 0.1) is 24.7 Å². The van der Waals surface area contributed by atoms with Crippen LogP contribution in [0.15, 0.2) is 35.2 Å². The van der Waals surface area contributed by atoms with Crippen molar-refractivity contribution < 1.29 is 22.8 Å². The predicted octanol–water partition coefficient (Wildman–Crippen LogP) is 2.55. The van der Waals surface area contributed by atoms with E-state index in [1.54, 1.807) is 19.1 Å². The van der Waals surface area contributed by atoms with Crippen molar-refractivity contribution in [1.29, 1.82) is 0 Å². The summed E-state index contributed by atoms with van der Waals surface area (Å²) in [5.41, 5.74) is 0.852. The van der Waals surface area contributed by atoms with Gasteiger partial charge in [-0.1, -0.05) is 32.1 Å². The standard InChI is InChI=1S/C23H31N3O5S/c1-14(2)12-19(26-22(28)17-8-6-7-9-18(17)23(26)29)21(27)24-16-11-10-15(3)20(13-16)32(30,31)25(4)5/h6-7,10-11,13-14,17-19H,8-9,12H2,1-5H3,(H,24,27). The number of carbonyl (C=O) groups excluding carboxylic acids is 3. The van der Waals surface area contributed by atoms with Gasteiger partial charge in [0, 0.05) is 19.8 Å². The summed E-state index contributed by atoms with van der Waals surface area (Å²) in [6.07, 6.45) is 5.15. The van der Waals surface area contributed by atoms with E-state index >= 15 is 0 Å². The summed E-state index contributed by atoms with van der Waals surface area (Å²) in [7, 11) is -0.812. The number of hydrogen-bond acceptors (Lipinski definition) is 5. The summed E-state index contributed by atoms with van der Waals surface area (Å²) in [4.78, 5) is 40.6. The van der Waals surface area contributed by atoms with Crippen molar-refractivity contribution >= 4 is 33.4 Å². The van der Waals surface area contributed by atoms with Crippen molar-refractivity contribution in [2.24, 2.45) is 17.8 Å². The van der Waals surface area contributed by atoms with Gasteiger partial charge in [0.15, 0.2) is 0 Å². The summed E-state index contributed by atoms with van der Waals surface area (Å²) in [6, 6.07) is 3.70. The highest BCUT2D eigenvalue weighted by Gasteiger charge is 2.51. The monoisotopic (exact) mass is 461 g/mol. The first-order valence-corrected chi connectivity index (χ1v) is 12.2. The van der Waals surface area contributed by atoms with Crippen LogP contribution in [0.5, 0.6) is 0 Å². The largest absolute Gasteiger partial charge is 0.324 e. The smallest absolute Gasteiger partial charge is 0.247 e. The molecule has 1 aromatic carbocycles. The molecule has 0 radical (unpaired) electrons. The van der Waals surface area contributed by atoms with Gasteiger partial charge in [-0.2, -0.15) is 0 Å². The Morgan fingerprint density at radius 3 is 2.19 bits per heavy atom. The molecule has 0 bridgehead atoms. The zero-order chi connectivity index (χ0) is 23.8. The van der Waals surface area contributed by atoms with Gasteiger partial charge in [-0.3, -0.25) is 19.3 Å². The van der Waals surface area contributed by atoms with E-state index < -0.39 is 33.8 Å². The van der Waals surface area contributed by atoms with E-state index in [0.29, 0.717) is 30.5 Å². The Labute approximate surface area is 189 Å². The molecular weight excluding hydrogens is 430 g/mol. The van der Waals surface area contributed by atoms with Crippen molar-refractivity contribution in [2.45, 2.75) is 51.0 Å². The number of benzene rings is 1. The van der Waals surface area contributed by atoms with E-state index in [9.17, 15) is 22.8 Å². The summed E-state index contributed by atoms with van der Waals surface area (Å²) >= 11 is 0. The zero-order valence-corrected chi connectivity index (χ0v) is 20.0. The minimum atomic E-state index is -3.70. The summed E-state index contributed by atoms with van der Waals surface area (Å²) < 4.78 is 26.3. The van der Waals surface area contributed by atoms with E-state index in [4.69, 9.17) is 0 Å². The third-order valence-corrected chi connectivity index (χ3v) is 8.02. The molecule has 0 saturated carbocycles. The summed E-state index contributed by atoms with van der Waals surface area (Å²) in [6.45, 7) is 5.53. The SMILES string of the molecule is Cc1ccc(NC(=O)C(CC(C)C)N2C(=O)C3CC=CCC3C2=O)cc1S(=O)(=O)N(C)C. The average molecular weight is 462 g/mol. The topological polar surface area (TPSA) is 104 Å². The van der Waals surface area contributed by atoms with Crippen LogP contribution in [0.25, 0.3) is 0 Å². The zero-order valence-electron chi connectivity index (χ0n) is 19.2. The van der Waals surface area contributed by atoms with Crippen LogP contribution in [0.3, 0.4) is 0 Å². The molecule has 174 valence electrons. The van der Waals surface area contributed by atoms with E-state index in [1.165, 1.54) is 20.2 Å². The number of nitrogens with one attached hydrogen (secondary N) is 1. The average Bonchev–Trinajstić information content (AvgIpc) is 2.98. The Morgan fingerprint density at radius 2 is 1.69 bits per heavy atom. The van der Waals surface area contributed by atoms with Gasteiger partial charge in [0.2, 0.25) is 27.7 Å². The molecule has 0 spiro atoms. The van der Waals surface area contributed by atoms with Gasteiger partial charge >= 0.3 is 0 Å². The molecule has 1 N–H and O–H groups in total. The van der Waals surface area contributed by atoms with Gasteiger partial charge in [-0.25, -0.2) is 12.7 Å². The molecule has 2 aliphatic rings. The second kappa shape index (κ2) is 9.15. The molecule has 1 fully saturated rings. The molecule has 3 rings (SSSR count). The Morgan fingerprint density at radius 1 is 1.12 bits per heavy atom. The third-order valence-electron chi connectivity index (χ3n) is 6.06. The molecular formula is C23H31N3O5S. The molecule has 9 heteroatoms. The first kappa shape index (κ1) is 24.1. The molecule has 8 nitrogen and oxygen atoms in total. The number of anilines is 1. The summed E-state index contributed by atoms with van der Waals surface area (Å²) in [5.74, 6) is -1.86. The van der Waals surface area contributed by atoms with Gasteiger partial charge in [-0.15, -0.1) is 0 Å². The number of sulfonamides is 1. The van der Waals surface area contributed by atoms with Crippen molar-refractivity contribution in [1.82, 2.24) is 9.21 Å². The van der Waals surface area contributed by atoms with Crippen LogP contribution in [0.2, 0.25) is 0 Å². The van der Waals surface area contributed by atoms with Crippen LogP contribution in [0.1, 0.15) is 38.7 Å². The second-order valence-corrected chi connectivity index (χ2v) is 11.2. The van der Waals surface area contributed by atoms with Crippen molar-refractivity contribution in [3.05, 3.63) is 35.9 Å². The Hall–Kier alpha value is -2.52. The normalized spacial score (nSPS) is 21.9. The lowest BCUT2D eigenvalue weighted by molar-refractivity contribution is -0.147. The molecule has 3 unspecified atom stereocenters. The van der Waals surface area contributed by atoms with Gasteiger partial charge in [0.05, 0.1) is 16.7 Å². The van der Waals surface area contributed by atoms with Crippen LogP contribution in [-0.2, 0) is 24.4 Å². The number of nitrogens with zero attached hydrogens (tertiary/aromatic N) is 2. The van der Waals surface area contributed by atoms with Crippen LogP contribution < -0.4 is 5.32 Å². The minimum absolute atomic E-state index is 0.0646. The maximum atomic E-state index is 13.3. The van der Waals surface area contributed by atoms with Crippen molar-refractivity contribution in [3.63, 3.8) is 0 Å². The molecule has 1 aliphatic heterocycles. The maximum absolute atomic E-state index is 13.3. The molecule has 0 aromatic heterocycles. The second-order valence-electron chi connectivity index (χ2n) is 9.10. The molecule has 1 aliphatic carbocycles. The number of likely N-dealkylation sites (tertiary alicyclic amines) is 1.